The Morgan fingerprint density at radius 3 is 2.50 bits per heavy atom. The molecule has 1 aromatic heterocycles. The molecule has 1 aliphatic heterocycles. The fourth-order valence-corrected chi connectivity index (χ4v) is 2.49. The first kappa shape index (κ1) is 12.7. The van der Waals surface area contributed by atoms with Gasteiger partial charge in [0.05, 0.1) is 11.8 Å². The van der Waals surface area contributed by atoms with E-state index in [4.69, 9.17) is 4.42 Å². The molecule has 0 spiro atoms. The SMILES string of the molecule is Cc1occc1C(=O)c1ccc(N2CCCC2=O)cc1. The predicted molar refractivity (Wildman–Crippen MR) is 74.9 cm³/mol. The van der Waals surface area contributed by atoms with E-state index in [1.54, 1.807) is 30.0 Å². The normalized spacial score (nSPS) is 14.8. The maximum absolute atomic E-state index is 12.3. The van der Waals surface area contributed by atoms with E-state index in [2.05, 4.69) is 0 Å². The van der Waals surface area contributed by atoms with Gasteiger partial charge in [-0.05, 0) is 43.7 Å². The van der Waals surface area contributed by atoms with E-state index in [0.717, 1.165) is 18.7 Å². The lowest BCUT2D eigenvalue weighted by molar-refractivity contribution is -0.117. The first-order valence-corrected chi connectivity index (χ1v) is 6.66. The van der Waals surface area contributed by atoms with Gasteiger partial charge >= 0.3 is 0 Å². The Morgan fingerprint density at radius 1 is 1.20 bits per heavy atom. The fraction of sp³-hybridized carbons (Fsp3) is 0.250. The third-order valence-electron chi connectivity index (χ3n) is 3.62. The van der Waals surface area contributed by atoms with Gasteiger partial charge in [-0.3, -0.25) is 9.59 Å². The summed E-state index contributed by atoms with van der Waals surface area (Å²) in [5.41, 5.74) is 2.04. The highest BCUT2D eigenvalue weighted by Crippen LogP contribution is 2.23. The Kier molecular flexibility index (Phi) is 3.14. The largest absolute Gasteiger partial charge is 0.469 e. The van der Waals surface area contributed by atoms with Crippen LogP contribution in [0.15, 0.2) is 41.0 Å². The molecule has 1 fully saturated rings. The zero-order chi connectivity index (χ0) is 14.1. The van der Waals surface area contributed by atoms with Crippen molar-refractivity contribution in [1.82, 2.24) is 0 Å². The van der Waals surface area contributed by atoms with Crippen molar-refractivity contribution in [1.29, 1.82) is 0 Å². The molecule has 0 saturated carbocycles. The number of carbonyl (C=O) groups excluding carboxylic acids is 2. The molecule has 20 heavy (non-hydrogen) atoms. The zero-order valence-corrected chi connectivity index (χ0v) is 11.3. The molecule has 4 nitrogen and oxygen atoms in total. The highest BCUT2D eigenvalue weighted by atomic mass is 16.3. The molecule has 0 atom stereocenters. The molecule has 1 aromatic carbocycles. The third-order valence-corrected chi connectivity index (χ3v) is 3.62. The van der Waals surface area contributed by atoms with Crippen molar-refractivity contribution in [3.63, 3.8) is 0 Å². The lowest BCUT2D eigenvalue weighted by Crippen LogP contribution is -2.23. The third kappa shape index (κ3) is 2.13. The van der Waals surface area contributed by atoms with Crippen molar-refractivity contribution in [2.24, 2.45) is 0 Å². The first-order valence-electron chi connectivity index (χ1n) is 6.66. The van der Waals surface area contributed by atoms with E-state index in [-0.39, 0.29) is 11.7 Å². The molecule has 0 unspecified atom stereocenters. The second-order valence-electron chi connectivity index (χ2n) is 4.92. The van der Waals surface area contributed by atoms with E-state index in [1.807, 2.05) is 12.1 Å². The number of anilines is 1. The number of carbonyl (C=O) groups is 2. The number of amides is 1. The standard InChI is InChI=1S/C16H15NO3/c1-11-14(8-10-20-11)16(19)12-4-6-13(7-5-12)17-9-2-3-15(17)18/h4-8,10H,2-3,9H2,1H3. The maximum atomic E-state index is 12.3. The number of benzene rings is 1. The summed E-state index contributed by atoms with van der Waals surface area (Å²) in [7, 11) is 0. The summed E-state index contributed by atoms with van der Waals surface area (Å²) in [6.45, 7) is 2.53. The van der Waals surface area contributed by atoms with Crippen molar-refractivity contribution in [3.8, 4) is 0 Å². The van der Waals surface area contributed by atoms with Crippen molar-refractivity contribution in [2.75, 3.05) is 11.4 Å². The Bertz CT molecular complexity index is 655. The smallest absolute Gasteiger partial charge is 0.227 e. The second-order valence-corrected chi connectivity index (χ2v) is 4.92. The van der Waals surface area contributed by atoms with Crippen molar-refractivity contribution in [2.45, 2.75) is 19.8 Å². The summed E-state index contributed by atoms with van der Waals surface area (Å²) in [6.07, 6.45) is 3.02. The number of rotatable bonds is 3. The molecule has 0 N–H and O–H groups in total. The lowest BCUT2D eigenvalue weighted by atomic mass is 10.0. The van der Waals surface area contributed by atoms with Gasteiger partial charge in [0.1, 0.15) is 5.76 Å². The minimum Gasteiger partial charge on any atom is -0.469 e. The van der Waals surface area contributed by atoms with E-state index in [0.29, 0.717) is 23.3 Å². The number of aryl methyl sites for hydroxylation is 1. The van der Waals surface area contributed by atoms with Crippen LogP contribution in [-0.2, 0) is 4.79 Å². The summed E-state index contributed by atoms with van der Waals surface area (Å²) in [4.78, 5) is 25.7. The van der Waals surface area contributed by atoms with Crippen molar-refractivity contribution in [3.05, 3.63) is 53.5 Å². The van der Waals surface area contributed by atoms with Crippen LogP contribution < -0.4 is 4.90 Å². The molecule has 1 aliphatic rings. The molecule has 1 amide bonds. The van der Waals surface area contributed by atoms with Gasteiger partial charge in [-0.2, -0.15) is 0 Å². The maximum Gasteiger partial charge on any atom is 0.227 e. The van der Waals surface area contributed by atoms with Crippen LogP contribution in [0.2, 0.25) is 0 Å². The minimum absolute atomic E-state index is 0.0597. The Balaban J connectivity index is 1.85. The Hall–Kier alpha value is -2.36. The minimum atomic E-state index is -0.0597. The molecule has 4 heteroatoms. The molecule has 0 radical (unpaired) electrons. The van der Waals surface area contributed by atoms with Gasteiger partial charge in [0, 0.05) is 24.2 Å². The lowest BCUT2D eigenvalue weighted by Gasteiger charge is -2.15. The Morgan fingerprint density at radius 2 is 1.95 bits per heavy atom. The van der Waals surface area contributed by atoms with Gasteiger partial charge in [-0.25, -0.2) is 0 Å². The van der Waals surface area contributed by atoms with Crippen LogP contribution in [0.4, 0.5) is 5.69 Å². The summed E-state index contributed by atoms with van der Waals surface area (Å²) in [5, 5.41) is 0. The Labute approximate surface area is 117 Å². The molecule has 3 rings (SSSR count). The molecule has 102 valence electrons. The average Bonchev–Trinajstić information content (AvgIpc) is 3.07. The van der Waals surface area contributed by atoms with Gasteiger partial charge < -0.3 is 9.32 Å². The average molecular weight is 269 g/mol. The van der Waals surface area contributed by atoms with Gasteiger partial charge in [-0.15, -0.1) is 0 Å². The highest BCUT2D eigenvalue weighted by Gasteiger charge is 2.22. The number of furan rings is 1. The van der Waals surface area contributed by atoms with Crippen LogP contribution in [0.1, 0.15) is 34.5 Å². The number of hydrogen-bond donors (Lipinski definition) is 0. The van der Waals surface area contributed by atoms with Gasteiger partial charge in [0.2, 0.25) is 5.91 Å². The van der Waals surface area contributed by atoms with Gasteiger partial charge in [-0.1, -0.05) is 0 Å². The van der Waals surface area contributed by atoms with Crippen molar-refractivity contribution < 1.29 is 14.0 Å². The number of nitrogens with zero attached hydrogens (tertiary/aromatic N) is 1. The molecule has 0 aliphatic carbocycles. The van der Waals surface area contributed by atoms with E-state index in [1.165, 1.54) is 6.26 Å². The summed E-state index contributed by atoms with van der Waals surface area (Å²) < 4.78 is 5.15. The quantitative estimate of drug-likeness (QED) is 0.805. The summed E-state index contributed by atoms with van der Waals surface area (Å²) in [5.74, 6) is 0.708. The van der Waals surface area contributed by atoms with Crippen molar-refractivity contribution >= 4 is 17.4 Å². The topological polar surface area (TPSA) is 50.5 Å². The first-order chi connectivity index (χ1) is 9.66. The fourth-order valence-electron chi connectivity index (χ4n) is 2.49. The number of hydrogen-bond acceptors (Lipinski definition) is 3. The van der Waals surface area contributed by atoms with Crippen LogP contribution >= 0.6 is 0 Å². The van der Waals surface area contributed by atoms with E-state index < -0.39 is 0 Å². The van der Waals surface area contributed by atoms with E-state index >= 15 is 0 Å². The van der Waals surface area contributed by atoms with Gasteiger partial charge in [0.15, 0.2) is 5.78 Å². The molecular weight excluding hydrogens is 254 g/mol. The second kappa shape index (κ2) is 4.96. The molecule has 0 bridgehead atoms. The summed E-state index contributed by atoms with van der Waals surface area (Å²) in [6, 6.07) is 8.85. The van der Waals surface area contributed by atoms with Gasteiger partial charge in [0.25, 0.3) is 0 Å². The summed E-state index contributed by atoms with van der Waals surface area (Å²) >= 11 is 0. The number of ketones is 1. The predicted octanol–water partition coefficient (Wildman–Crippen LogP) is 2.95. The molecule has 2 heterocycles. The van der Waals surface area contributed by atoms with Crippen LogP contribution in [-0.4, -0.2) is 18.2 Å². The van der Waals surface area contributed by atoms with E-state index in [9.17, 15) is 9.59 Å². The molecule has 1 saturated heterocycles. The van der Waals surface area contributed by atoms with Crippen LogP contribution in [0, 0.1) is 6.92 Å². The van der Waals surface area contributed by atoms with Crippen LogP contribution in [0.5, 0.6) is 0 Å². The van der Waals surface area contributed by atoms with Crippen LogP contribution in [0.3, 0.4) is 0 Å². The van der Waals surface area contributed by atoms with Crippen LogP contribution in [0.25, 0.3) is 0 Å². The monoisotopic (exact) mass is 269 g/mol. The molecular formula is C16H15NO3. The zero-order valence-electron chi connectivity index (χ0n) is 11.3. The molecule has 2 aromatic rings. The highest BCUT2D eigenvalue weighted by molar-refractivity contribution is 6.09.